The fourth-order valence-corrected chi connectivity index (χ4v) is 1.89. The summed E-state index contributed by atoms with van der Waals surface area (Å²) in [5, 5.41) is 24.4. The van der Waals surface area contributed by atoms with Crippen LogP contribution in [0.4, 0.5) is 11.4 Å². The summed E-state index contributed by atoms with van der Waals surface area (Å²) in [5.41, 5.74) is 4.83. The van der Waals surface area contributed by atoms with E-state index < -0.39 is 17.8 Å². The number of benzene rings is 2. The number of amides is 1. The molecule has 3 N–H and O–H groups in total. The molecule has 2 aromatic carbocycles. The Morgan fingerprint density at radius 1 is 0.864 bits per heavy atom. The Labute approximate surface area is 125 Å². The van der Waals surface area contributed by atoms with E-state index in [4.69, 9.17) is 5.73 Å². The first kappa shape index (κ1) is 15.0. The highest BCUT2D eigenvalue weighted by Gasteiger charge is 2.14. The predicted octanol–water partition coefficient (Wildman–Crippen LogP) is -0.752. The molecule has 0 aromatic heterocycles. The van der Waals surface area contributed by atoms with E-state index in [1.54, 1.807) is 0 Å². The first-order chi connectivity index (χ1) is 10.4. The Kier molecular flexibility index (Phi) is 4.08. The minimum absolute atomic E-state index is 0.00590. The largest absolute Gasteiger partial charge is 0.545 e. The van der Waals surface area contributed by atoms with Gasteiger partial charge in [-0.15, -0.1) is 0 Å². The highest BCUT2D eigenvalue weighted by Crippen LogP contribution is 2.18. The van der Waals surface area contributed by atoms with E-state index in [0.29, 0.717) is 0 Å². The molecular formula is C15H10N2O5-2. The Morgan fingerprint density at radius 2 is 1.50 bits per heavy atom. The summed E-state index contributed by atoms with van der Waals surface area (Å²) < 4.78 is 0. The maximum absolute atomic E-state index is 12.2. The van der Waals surface area contributed by atoms with Crippen LogP contribution in [0.3, 0.4) is 0 Å². The van der Waals surface area contributed by atoms with Crippen molar-refractivity contribution in [2.24, 2.45) is 0 Å². The molecule has 0 aliphatic carbocycles. The van der Waals surface area contributed by atoms with Crippen molar-refractivity contribution in [3.63, 3.8) is 0 Å². The summed E-state index contributed by atoms with van der Waals surface area (Å²) >= 11 is 0. The molecule has 0 radical (unpaired) electrons. The van der Waals surface area contributed by atoms with Gasteiger partial charge in [-0.25, -0.2) is 0 Å². The van der Waals surface area contributed by atoms with Gasteiger partial charge in [0, 0.05) is 22.4 Å². The first-order valence-corrected chi connectivity index (χ1v) is 6.12. The number of nitrogens with two attached hydrogens (primary N) is 1. The van der Waals surface area contributed by atoms with E-state index in [1.165, 1.54) is 36.4 Å². The Balaban J connectivity index is 2.39. The molecular weight excluding hydrogens is 288 g/mol. The molecule has 0 unspecified atom stereocenters. The summed E-state index contributed by atoms with van der Waals surface area (Å²) in [6.45, 7) is 0. The van der Waals surface area contributed by atoms with Crippen molar-refractivity contribution in [2.45, 2.75) is 0 Å². The van der Waals surface area contributed by atoms with E-state index in [0.717, 1.165) is 6.07 Å². The van der Waals surface area contributed by atoms with Gasteiger partial charge in [0.1, 0.15) is 0 Å². The number of carboxylic acids is 2. The number of carboxylic acid groups (broad SMARTS) is 2. The third-order valence-electron chi connectivity index (χ3n) is 2.90. The van der Waals surface area contributed by atoms with Crippen molar-refractivity contribution in [3.05, 3.63) is 59.2 Å². The molecule has 7 nitrogen and oxygen atoms in total. The topological polar surface area (TPSA) is 135 Å². The summed E-state index contributed by atoms with van der Waals surface area (Å²) in [7, 11) is 0. The van der Waals surface area contributed by atoms with Crippen LogP contribution < -0.4 is 21.3 Å². The van der Waals surface area contributed by atoms with Gasteiger partial charge < -0.3 is 30.9 Å². The fourth-order valence-electron chi connectivity index (χ4n) is 1.89. The van der Waals surface area contributed by atoms with Crippen LogP contribution in [0.5, 0.6) is 0 Å². The first-order valence-electron chi connectivity index (χ1n) is 6.12. The van der Waals surface area contributed by atoms with E-state index >= 15 is 0 Å². The molecule has 22 heavy (non-hydrogen) atoms. The van der Waals surface area contributed by atoms with Gasteiger partial charge in [-0.1, -0.05) is 18.2 Å². The van der Waals surface area contributed by atoms with Gasteiger partial charge in [0.25, 0.3) is 5.91 Å². The standard InChI is InChI=1S/C15H12N2O5/c16-8-5-6-9(11(7-8)15(21)22)13(18)17-12-4-2-1-3-10(12)14(19)20/h1-7H,16H2,(H,17,18)(H,19,20)(H,21,22)/p-2. The number of hydrogen-bond donors (Lipinski definition) is 2. The quantitative estimate of drug-likeness (QED) is 0.713. The summed E-state index contributed by atoms with van der Waals surface area (Å²) in [5.74, 6) is -3.83. The number of nitrogens with one attached hydrogen (secondary N) is 1. The van der Waals surface area contributed by atoms with Gasteiger partial charge >= 0.3 is 0 Å². The number of anilines is 2. The van der Waals surface area contributed by atoms with Gasteiger partial charge in [-0.2, -0.15) is 0 Å². The third-order valence-corrected chi connectivity index (χ3v) is 2.90. The van der Waals surface area contributed by atoms with Crippen molar-refractivity contribution >= 4 is 29.2 Å². The molecule has 2 aromatic rings. The molecule has 0 atom stereocenters. The highest BCUT2D eigenvalue weighted by molar-refractivity contribution is 6.12. The van der Waals surface area contributed by atoms with E-state index in [2.05, 4.69) is 5.32 Å². The zero-order valence-electron chi connectivity index (χ0n) is 11.2. The number of carbonyl (C=O) groups excluding carboxylic acids is 3. The molecule has 0 spiro atoms. The van der Waals surface area contributed by atoms with Gasteiger partial charge in [0.2, 0.25) is 0 Å². The van der Waals surface area contributed by atoms with Crippen molar-refractivity contribution in [1.82, 2.24) is 0 Å². The second-order valence-corrected chi connectivity index (χ2v) is 4.38. The van der Waals surface area contributed by atoms with Crippen LogP contribution in [-0.2, 0) is 0 Å². The molecule has 0 saturated carbocycles. The molecule has 0 aliphatic heterocycles. The fraction of sp³-hybridized carbons (Fsp3) is 0. The molecule has 2 rings (SSSR count). The van der Waals surface area contributed by atoms with E-state index in [1.807, 2.05) is 0 Å². The lowest BCUT2D eigenvalue weighted by Crippen LogP contribution is -2.28. The normalized spacial score (nSPS) is 10.0. The van der Waals surface area contributed by atoms with Gasteiger partial charge in [0.15, 0.2) is 0 Å². The molecule has 0 bridgehead atoms. The second-order valence-electron chi connectivity index (χ2n) is 4.38. The SMILES string of the molecule is Nc1ccc(C(=O)Nc2ccccc2C(=O)[O-])c(C(=O)[O-])c1. The number of rotatable bonds is 4. The average molecular weight is 298 g/mol. The Morgan fingerprint density at radius 3 is 2.14 bits per heavy atom. The molecule has 0 fully saturated rings. The number of para-hydroxylation sites is 1. The number of aromatic carboxylic acids is 2. The second kappa shape index (κ2) is 5.96. The predicted molar refractivity (Wildman–Crippen MR) is 73.9 cm³/mol. The van der Waals surface area contributed by atoms with Crippen LogP contribution in [0.2, 0.25) is 0 Å². The van der Waals surface area contributed by atoms with Crippen molar-refractivity contribution in [2.75, 3.05) is 11.1 Å². The van der Waals surface area contributed by atoms with Crippen LogP contribution in [0.15, 0.2) is 42.5 Å². The minimum atomic E-state index is -1.56. The summed E-state index contributed by atoms with van der Waals surface area (Å²) in [6.07, 6.45) is 0. The van der Waals surface area contributed by atoms with Gasteiger partial charge in [-0.3, -0.25) is 4.79 Å². The minimum Gasteiger partial charge on any atom is -0.545 e. The average Bonchev–Trinajstić information content (AvgIpc) is 2.47. The molecule has 0 heterocycles. The van der Waals surface area contributed by atoms with E-state index in [-0.39, 0.29) is 28.1 Å². The van der Waals surface area contributed by atoms with Crippen LogP contribution in [-0.4, -0.2) is 17.8 Å². The van der Waals surface area contributed by atoms with Crippen LogP contribution in [0.1, 0.15) is 31.1 Å². The van der Waals surface area contributed by atoms with Crippen molar-refractivity contribution in [1.29, 1.82) is 0 Å². The maximum Gasteiger partial charge on any atom is 0.256 e. The third kappa shape index (κ3) is 3.04. The maximum atomic E-state index is 12.2. The zero-order valence-corrected chi connectivity index (χ0v) is 11.2. The van der Waals surface area contributed by atoms with Crippen LogP contribution >= 0.6 is 0 Å². The molecule has 0 aliphatic rings. The lowest BCUT2D eigenvalue weighted by molar-refractivity contribution is -0.256. The molecule has 7 heteroatoms. The van der Waals surface area contributed by atoms with Gasteiger partial charge in [-0.05, 0) is 24.3 Å². The lowest BCUT2D eigenvalue weighted by Gasteiger charge is -2.14. The lowest BCUT2D eigenvalue weighted by atomic mass is 10.1. The highest BCUT2D eigenvalue weighted by atomic mass is 16.4. The van der Waals surface area contributed by atoms with E-state index in [9.17, 15) is 24.6 Å². The molecule has 0 saturated heterocycles. The smallest absolute Gasteiger partial charge is 0.256 e. The summed E-state index contributed by atoms with van der Waals surface area (Å²) in [4.78, 5) is 34.2. The number of hydrogen-bond acceptors (Lipinski definition) is 6. The zero-order chi connectivity index (χ0) is 16.3. The van der Waals surface area contributed by atoms with Crippen molar-refractivity contribution in [3.8, 4) is 0 Å². The van der Waals surface area contributed by atoms with Gasteiger partial charge in [0.05, 0.1) is 17.6 Å². The monoisotopic (exact) mass is 298 g/mol. The van der Waals surface area contributed by atoms with Crippen LogP contribution in [0.25, 0.3) is 0 Å². The van der Waals surface area contributed by atoms with Crippen molar-refractivity contribution < 1.29 is 24.6 Å². The summed E-state index contributed by atoms with van der Waals surface area (Å²) in [6, 6.07) is 9.27. The molecule has 112 valence electrons. The van der Waals surface area contributed by atoms with Crippen LogP contribution in [0, 0.1) is 0 Å². The Hall–Kier alpha value is -3.35. The molecule has 1 amide bonds. The number of nitrogen functional groups attached to an aromatic ring is 1. The Bertz CT molecular complexity index is 770. The number of carbonyl (C=O) groups is 3.